The number of carbonyl (C=O) groups excluding carboxylic acids is 2. The maximum Gasteiger partial charge on any atom is 0.257 e. The van der Waals surface area contributed by atoms with Crippen LogP contribution in [0.1, 0.15) is 18.4 Å². The van der Waals surface area contributed by atoms with E-state index in [1.54, 1.807) is 6.07 Å². The largest absolute Gasteiger partial charge is 0.484 e. The lowest BCUT2D eigenvalue weighted by molar-refractivity contribution is -0.123. The molecule has 0 bridgehead atoms. The van der Waals surface area contributed by atoms with Gasteiger partial charge in [0.1, 0.15) is 5.75 Å². The molecule has 1 aliphatic rings. The number of nitrogens with one attached hydrogen (secondary N) is 2. The number of anilines is 1. The number of nitrogens with zero attached hydrogens (tertiary/aromatic N) is 1. The first-order valence-electron chi connectivity index (χ1n) is 9.55. The second-order valence-electron chi connectivity index (χ2n) is 6.93. The molecule has 1 aliphatic heterocycles. The summed E-state index contributed by atoms with van der Waals surface area (Å²) in [4.78, 5) is 23.4. The topological polar surface area (TPSA) is 72.4 Å². The fraction of sp³-hybridized carbons (Fsp3) is 0.273. The van der Waals surface area contributed by atoms with Crippen LogP contribution in [0.4, 0.5) is 5.69 Å². The van der Waals surface area contributed by atoms with Crippen molar-refractivity contribution >= 4 is 28.4 Å². The van der Waals surface area contributed by atoms with E-state index in [-0.39, 0.29) is 18.4 Å². The van der Waals surface area contributed by atoms with Crippen LogP contribution in [0.2, 0.25) is 0 Å². The van der Waals surface area contributed by atoms with Crippen molar-refractivity contribution in [2.75, 3.05) is 18.5 Å². The zero-order chi connectivity index (χ0) is 19.3. The highest BCUT2D eigenvalue weighted by molar-refractivity contribution is 5.94. The molecule has 2 heterocycles. The van der Waals surface area contributed by atoms with E-state index in [9.17, 15) is 9.59 Å². The molecule has 4 rings (SSSR count). The normalized spacial score (nSPS) is 13.1. The SMILES string of the molecule is O=C(COc1ccc2c(c1)CCC(=O)N2)NCCCn1ccc2ccccc21. The van der Waals surface area contributed by atoms with Gasteiger partial charge in [-0.25, -0.2) is 0 Å². The summed E-state index contributed by atoms with van der Waals surface area (Å²) in [5.74, 6) is 0.542. The molecule has 0 aliphatic carbocycles. The molecule has 6 heteroatoms. The van der Waals surface area contributed by atoms with Crippen molar-refractivity contribution in [3.05, 3.63) is 60.3 Å². The molecule has 0 saturated carbocycles. The fourth-order valence-corrected chi connectivity index (χ4v) is 3.46. The van der Waals surface area contributed by atoms with Gasteiger partial charge in [0.25, 0.3) is 5.91 Å². The smallest absolute Gasteiger partial charge is 0.257 e. The number of ether oxygens (including phenoxy) is 1. The molecule has 144 valence electrons. The van der Waals surface area contributed by atoms with E-state index in [1.807, 2.05) is 24.3 Å². The van der Waals surface area contributed by atoms with Gasteiger partial charge in [-0.3, -0.25) is 9.59 Å². The Labute approximate surface area is 163 Å². The van der Waals surface area contributed by atoms with Crippen LogP contribution in [0.25, 0.3) is 10.9 Å². The molecule has 3 aromatic rings. The maximum absolute atomic E-state index is 12.0. The van der Waals surface area contributed by atoms with Crippen molar-refractivity contribution in [2.45, 2.75) is 25.8 Å². The Hall–Kier alpha value is -3.28. The Kier molecular flexibility index (Phi) is 5.28. The van der Waals surface area contributed by atoms with Gasteiger partial charge in [0.15, 0.2) is 6.61 Å². The molecule has 28 heavy (non-hydrogen) atoms. The van der Waals surface area contributed by atoms with Gasteiger partial charge in [-0.15, -0.1) is 0 Å². The van der Waals surface area contributed by atoms with Gasteiger partial charge in [0, 0.05) is 36.9 Å². The second-order valence-corrected chi connectivity index (χ2v) is 6.93. The molecule has 0 spiro atoms. The summed E-state index contributed by atoms with van der Waals surface area (Å²) in [5.41, 5.74) is 3.07. The lowest BCUT2D eigenvalue weighted by Crippen LogP contribution is -2.30. The molecule has 0 unspecified atom stereocenters. The number of rotatable bonds is 7. The van der Waals surface area contributed by atoms with Crippen LogP contribution in [0, 0.1) is 0 Å². The maximum atomic E-state index is 12.0. The van der Waals surface area contributed by atoms with Crippen LogP contribution >= 0.6 is 0 Å². The van der Waals surface area contributed by atoms with Gasteiger partial charge >= 0.3 is 0 Å². The predicted molar refractivity (Wildman–Crippen MR) is 108 cm³/mol. The van der Waals surface area contributed by atoms with E-state index in [1.165, 1.54) is 10.9 Å². The van der Waals surface area contributed by atoms with Crippen LogP contribution < -0.4 is 15.4 Å². The number of fused-ring (bicyclic) bond motifs is 2. The number of para-hydroxylation sites is 1. The first kappa shape index (κ1) is 18.1. The number of carbonyl (C=O) groups is 2. The second kappa shape index (κ2) is 8.17. The third-order valence-corrected chi connectivity index (χ3v) is 4.92. The van der Waals surface area contributed by atoms with Gasteiger partial charge in [0.2, 0.25) is 5.91 Å². The van der Waals surface area contributed by atoms with Crippen molar-refractivity contribution in [3.8, 4) is 5.75 Å². The van der Waals surface area contributed by atoms with Crippen molar-refractivity contribution in [3.63, 3.8) is 0 Å². The summed E-state index contributed by atoms with van der Waals surface area (Å²) in [6, 6.07) is 15.9. The molecule has 0 radical (unpaired) electrons. The minimum atomic E-state index is -0.136. The van der Waals surface area contributed by atoms with Gasteiger partial charge in [-0.1, -0.05) is 18.2 Å². The van der Waals surface area contributed by atoms with Gasteiger partial charge in [0.05, 0.1) is 0 Å². The molecule has 2 amide bonds. The van der Waals surface area contributed by atoms with Crippen LogP contribution in [0.3, 0.4) is 0 Å². The third kappa shape index (κ3) is 4.17. The number of aromatic nitrogens is 1. The van der Waals surface area contributed by atoms with E-state index < -0.39 is 0 Å². The number of hydrogen-bond acceptors (Lipinski definition) is 3. The molecule has 1 aromatic heterocycles. The third-order valence-electron chi connectivity index (χ3n) is 4.92. The monoisotopic (exact) mass is 377 g/mol. The quantitative estimate of drug-likeness (QED) is 0.622. The summed E-state index contributed by atoms with van der Waals surface area (Å²) < 4.78 is 7.79. The zero-order valence-electron chi connectivity index (χ0n) is 15.6. The fourth-order valence-electron chi connectivity index (χ4n) is 3.46. The highest BCUT2D eigenvalue weighted by Gasteiger charge is 2.15. The average Bonchev–Trinajstić information content (AvgIpc) is 3.13. The summed E-state index contributed by atoms with van der Waals surface area (Å²) in [6.45, 7) is 1.44. The molecule has 0 atom stereocenters. The van der Waals surface area contributed by atoms with Crippen molar-refractivity contribution in [1.29, 1.82) is 0 Å². The minimum absolute atomic E-state index is 0.0163. The number of hydrogen-bond donors (Lipinski definition) is 2. The lowest BCUT2D eigenvalue weighted by atomic mass is 10.0. The van der Waals surface area contributed by atoms with Crippen molar-refractivity contribution in [1.82, 2.24) is 9.88 Å². The molecule has 2 N–H and O–H groups in total. The van der Waals surface area contributed by atoms with Crippen molar-refractivity contribution < 1.29 is 14.3 Å². The number of amides is 2. The molecule has 0 fully saturated rings. The molecular formula is C22H23N3O3. The highest BCUT2D eigenvalue weighted by Crippen LogP contribution is 2.26. The predicted octanol–water partition coefficient (Wildman–Crippen LogP) is 3.11. The Morgan fingerprint density at radius 2 is 2.04 bits per heavy atom. The first-order chi connectivity index (χ1) is 13.7. The zero-order valence-corrected chi connectivity index (χ0v) is 15.6. The van der Waals surface area contributed by atoms with E-state index in [0.717, 1.165) is 24.2 Å². The molecule has 2 aromatic carbocycles. The summed E-state index contributed by atoms with van der Waals surface area (Å²) in [5, 5.41) is 6.96. The Morgan fingerprint density at radius 1 is 1.14 bits per heavy atom. The van der Waals surface area contributed by atoms with E-state index in [0.29, 0.717) is 25.1 Å². The standard InChI is InChI=1S/C22H23N3O3/c26-21-9-6-17-14-18(7-8-19(17)24-21)28-15-22(27)23-11-3-12-25-13-10-16-4-1-2-5-20(16)25/h1-2,4-5,7-8,10,13-14H,3,6,9,11-12,15H2,(H,23,27)(H,24,26). The van der Waals surface area contributed by atoms with E-state index in [4.69, 9.17) is 4.74 Å². The van der Waals surface area contributed by atoms with Crippen LogP contribution in [-0.2, 0) is 22.6 Å². The van der Waals surface area contributed by atoms with Crippen LogP contribution in [-0.4, -0.2) is 29.5 Å². The van der Waals surface area contributed by atoms with Gasteiger partial charge < -0.3 is 19.9 Å². The molecule has 6 nitrogen and oxygen atoms in total. The highest BCUT2D eigenvalue weighted by atomic mass is 16.5. The van der Waals surface area contributed by atoms with E-state index >= 15 is 0 Å². The van der Waals surface area contributed by atoms with Gasteiger partial charge in [-0.2, -0.15) is 0 Å². The van der Waals surface area contributed by atoms with Crippen molar-refractivity contribution in [2.24, 2.45) is 0 Å². The minimum Gasteiger partial charge on any atom is -0.484 e. The van der Waals surface area contributed by atoms with Crippen LogP contribution in [0.5, 0.6) is 5.75 Å². The average molecular weight is 377 g/mol. The lowest BCUT2D eigenvalue weighted by Gasteiger charge is -2.17. The molecular weight excluding hydrogens is 354 g/mol. The van der Waals surface area contributed by atoms with E-state index in [2.05, 4.69) is 39.6 Å². The Morgan fingerprint density at radius 3 is 2.96 bits per heavy atom. The summed E-state index contributed by atoms with van der Waals surface area (Å²) >= 11 is 0. The molecule has 0 saturated heterocycles. The Balaban J connectivity index is 1.20. The van der Waals surface area contributed by atoms with Gasteiger partial charge in [-0.05, 0) is 54.1 Å². The van der Waals surface area contributed by atoms with Crippen LogP contribution in [0.15, 0.2) is 54.7 Å². The number of aryl methyl sites for hydroxylation is 2. The first-order valence-corrected chi connectivity index (χ1v) is 9.55. The summed E-state index contributed by atoms with van der Waals surface area (Å²) in [6.07, 6.45) is 4.10. The summed E-state index contributed by atoms with van der Waals surface area (Å²) in [7, 11) is 0. The number of benzene rings is 2. The Bertz CT molecular complexity index is 1010.